The van der Waals surface area contributed by atoms with Crippen LogP contribution in [-0.2, 0) is 0 Å². The van der Waals surface area contributed by atoms with Gasteiger partial charge in [-0.25, -0.2) is 5.19 Å². The molecule has 0 spiro atoms. The van der Waals surface area contributed by atoms with Gasteiger partial charge in [-0.3, -0.25) is 0 Å². The van der Waals surface area contributed by atoms with E-state index in [1.165, 1.54) is 5.19 Å². The van der Waals surface area contributed by atoms with Crippen molar-refractivity contribution >= 4 is 15.4 Å². The second-order valence-corrected chi connectivity index (χ2v) is 2.30. The summed E-state index contributed by atoms with van der Waals surface area (Å²) in [5, 5.41) is 1.35. The molecule has 1 aromatic rings. The van der Waals surface area contributed by atoms with Gasteiger partial charge in [0.15, 0.2) is 0 Å². The zero-order valence-electron chi connectivity index (χ0n) is 4.09. The SMILES string of the molecule is [SiH2-]c1ccccc1. The molecule has 0 aromatic heterocycles. The van der Waals surface area contributed by atoms with E-state index in [4.69, 9.17) is 0 Å². The fourth-order valence-corrected chi connectivity index (χ4v) is 0.750. The molecule has 0 atom stereocenters. The monoisotopic (exact) mass is 107 g/mol. The van der Waals surface area contributed by atoms with Crippen LogP contribution in [0.2, 0.25) is 0 Å². The van der Waals surface area contributed by atoms with Gasteiger partial charge < -0.3 is 10.2 Å². The second kappa shape index (κ2) is 1.94. The van der Waals surface area contributed by atoms with Crippen LogP contribution < -0.4 is 5.19 Å². The molecule has 0 N–H and O–H groups in total. The lowest BCUT2D eigenvalue weighted by molar-refractivity contribution is 1.78. The summed E-state index contributed by atoms with van der Waals surface area (Å²) in [7, 11) is 1.90. The lowest BCUT2D eigenvalue weighted by Crippen LogP contribution is -1.97. The molecule has 0 unspecified atom stereocenters. The third-order valence-corrected chi connectivity index (χ3v) is 1.31. The molecule has 1 heteroatoms. The van der Waals surface area contributed by atoms with E-state index in [0.29, 0.717) is 0 Å². The van der Waals surface area contributed by atoms with E-state index in [9.17, 15) is 0 Å². The van der Waals surface area contributed by atoms with Crippen molar-refractivity contribution in [2.24, 2.45) is 0 Å². The molecule has 0 aliphatic rings. The molecule has 0 amide bonds. The summed E-state index contributed by atoms with van der Waals surface area (Å²) < 4.78 is 0. The van der Waals surface area contributed by atoms with Crippen molar-refractivity contribution in [2.75, 3.05) is 0 Å². The largest absolute Gasteiger partial charge is 0.320 e. The van der Waals surface area contributed by atoms with Crippen molar-refractivity contribution < 1.29 is 0 Å². The first kappa shape index (κ1) is 4.59. The Balaban J connectivity index is 3.02. The maximum atomic E-state index is 2.10. The number of hydrogen-bond acceptors (Lipinski definition) is 0. The highest BCUT2D eigenvalue weighted by Crippen LogP contribution is 1.76. The van der Waals surface area contributed by atoms with Crippen LogP contribution in [-0.4, -0.2) is 10.2 Å². The summed E-state index contributed by atoms with van der Waals surface area (Å²) in [5.74, 6) is 0. The molecule has 0 fully saturated rings. The molecule has 0 saturated heterocycles. The molecule has 36 valence electrons. The average molecular weight is 107 g/mol. The molecular formula is C6H7Si-. The number of rotatable bonds is 0. The van der Waals surface area contributed by atoms with E-state index < -0.39 is 0 Å². The van der Waals surface area contributed by atoms with Gasteiger partial charge in [-0.1, -0.05) is 30.3 Å². The Bertz CT molecular complexity index is 134. The van der Waals surface area contributed by atoms with E-state index in [-0.39, 0.29) is 0 Å². The van der Waals surface area contributed by atoms with Crippen molar-refractivity contribution in [1.82, 2.24) is 0 Å². The van der Waals surface area contributed by atoms with Gasteiger partial charge in [-0.15, -0.1) is 0 Å². The molecule has 0 radical (unpaired) electrons. The summed E-state index contributed by atoms with van der Waals surface area (Å²) in [4.78, 5) is 0. The van der Waals surface area contributed by atoms with E-state index in [1.54, 1.807) is 0 Å². The van der Waals surface area contributed by atoms with Gasteiger partial charge in [0.1, 0.15) is 0 Å². The molecule has 0 aliphatic carbocycles. The van der Waals surface area contributed by atoms with Crippen LogP contribution in [0.5, 0.6) is 0 Å². The predicted molar refractivity (Wildman–Crippen MR) is 34.6 cm³/mol. The summed E-state index contributed by atoms with van der Waals surface area (Å²) in [6.45, 7) is 0. The van der Waals surface area contributed by atoms with Gasteiger partial charge in [0.25, 0.3) is 0 Å². The van der Waals surface area contributed by atoms with Crippen LogP contribution in [0.25, 0.3) is 0 Å². The van der Waals surface area contributed by atoms with Crippen LogP contribution in [0.4, 0.5) is 0 Å². The van der Waals surface area contributed by atoms with Gasteiger partial charge in [0.2, 0.25) is 0 Å². The zero-order valence-corrected chi connectivity index (χ0v) is 5.51. The fraction of sp³-hybridized carbons (Fsp3) is 0. The fourth-order valence-electron chi connectivity index (χ4n) is 0.478. The van der Waals surface area contributed by atoms with Gasteiger partial charge in [-0.05, 0) is 0 Å². The van der Waals surface area contributed by atoms with Gasteiger partial charge in [0.05, 0.1) is 0 Å². The highest BCUT2D eigenvalue weighted by molar-refractivity contribution is 6.32. The zero-order chi connectivity index (χ0) is 5.11. The van der Waals surface area contributed by atoms with Crippen LogP contribution in [0.3, 0.4) is 0 Å². The Kier molecular flexibility index (Phi) is 1.27. The minimum Gasteiger partial charge on any atom is -0.320 e. The first-order chi connectivity index (χ1) is 3.39. The third kappa shape index (κ3) is 1.16. The molecule has 0 nitrogen and oxygen atoms in total. The molecule has 7 heavy (non-hydrogen) atoms. The minimum atomic E-state index is 1.35. The second-order valence-electron chi connectivity index (χ2n) is 1.49. The summed E-state index contributed by atoms with van der Waals surface area (Å²) in [6.07, 6.45) is 0. The quantitative estimate of drug-likeness (QED) is 0.408. The van der Waals surface area contributed by atoms with Crippen LogP contribution in [0, 0.1) is 0 Å². The first-order valence-corrected chi connectivity index (χ1v) is 2.97. The normalized spacial score (nSPS) is 8.57. The summed E-state index contributed by atoms with van der Waals surface area (Å²) in [5.41, 5.74) is 0. The van der Waals surface area contributed by atoms with Crippen molar-refractivity contribution in [3.8, 4) is 0 Å². The van der Waals surface area contributed by atoms with E-state index in [0.717, 1.165) is 0 Å². The van der Waals surface area contributed by atoms with Crippen molar-refractivity contribution in [3.05, 3.63) is 30.3 Å². The molecule has 0 heterocycles. The van der Waals surface area contributed by atoms with Gasteiger partial charge in [-0.2, -0.15) is 0 Å². The predicted octanol–water partition coefficient (Wildman–Crippen LogP) is -0.0550. The molecular weight excluding hydrogens is 100 g/mol. The average Bonchev–Trinajstić information content (AvgIpc) is 1.69. The lowest BCUT2D eigenvalue weighted by Gasteiger charge is -1.91. The maximum absolute atomic E-state index is 2.10. The maximum Gasteiger partial charge on any atom is -0.0625 e. The van der Waals surface area contributed by atoms with Gasteiger partial charge >= 0.3 is 0 Å². The summed E-state index contributed by atoms with van der Waals surface area (Å²) in [6, 6.07) is 10.3. The van der Waals surface area contributed by atoms with Crippen molar-refractivity contribution in [3.63, 3.8) is 0 Å². The Morgan fingerprint density at radius 2 is 1.57 bits per heavy atom. The van der Waals surface area contributed by atoms with E-state index >= 15 is 0 Å². The Morgan fingerprint density at radius 3 is 1.86 bits per heavy atom. The first-order valence-electron chi connectivity index (χ1n) is 2.26. The van der Waals surface area contributed by atoms with E-state index in [1.807, 2.05) is 28.4 Å². The Hall–Kier alpha value is -0.563. The molecule has 1 rings (SSSR count). The standard InChI is InChI=1S/C6H7Si/c7-6-4-2-1-3-5-6/h1-5H,7H2/q-1. The number of benzene rings is 1. The molecule has 0 aliphatic heterocycles. The molecule has 1 aromatic carbocycles. The molecule has 0 bridgehead atoms. The minimum absolute atomic E-state index is 1.35. The Morgan fingerprint density at radius 1 is 1.00 bits per heavy atom. The smallest absolute Gasteiger partial charge is 0.0625 e. The van der Waals surface area contributed by atoms with Crippen molar-refractivity contribution in [2.45, 2.75) is 0 Å². The highest BCUT2D eigenvalue weighted by Gasteiger charge is 1.64. The van der Waals surface area contributed by atoms with Crippen LogP contribution in [0.1, 0.15) is 0 Å². The van der Waals surface area contributed by atoms with Crippen LogP contribution >= 0.6 is 0 Å². The topological polar surface area (TPSA) is 0 Å². The highest BCUT2D eigenvalue weighted by atomic mass is 28.1. The Labute approximate surface area is 46.6 Å². The van der Waals surface area contributed by atoms with E-state index in [2.05, 4.69) is 12.1 Å². The van der Waals surface area contributed by atoms with Gasteiger partial charge in [0, 0.05) is 0 Å². The van der Waals surface area contributed by atoms with Crippen molar-refractivity contribution in [1.29, 1.82) is 0 Å². The number of hydrogen-bond donors (Lipinski definition) is 0. The molecule has 0 saturated carbocycles. The summed E-state index contributed by atoms with van der Waals surface area (Å²) >= 11 is 0. The third-order valence-electron chi connectivity index (χ3n) is 0.843. The van der Waals surface area contributed by atoms with Crippen LogP contribution in [0.15, 0.2) is 30.3 Å². The lowest BCUT2D eigenvalue weighted by atomic mass is 10.4.